The van der Waals surface area contributed by atoms with E-state index in [1.165, 1.54) is 41.8 Å². The number of fused-ring (bicyclic) bond motifs is 1. The zero-order valence-corrected chi connectivity index (χ0v) is 25.1. The van der Waals surface area contributed by atoms with Gasteiger partial charge in [0, 0.05) is 17.9 Å². The largest absolute Gasteiger partial charge is 0.388 e. The molecule has 2 aromatic rings. The molecule has 2 N–H and O–H groups in total. The number of ketones is 1. The highest BCUT2D eigenvalue weighted by Gasteiger charge is 2.46. The molecule has 2 aliphatic heterocycles. The molecule has 2 aromatic carbocycles. The molecule has 1 fully saturated rings. The van der Waals surface area contributed by atoms with Crippen LogP contribution in [0.5, 0.6) is 0 Å². The summed E-state index contributed by atoms with van der Waals surface area (Å²) >= 11 is 1.92. The molecule has 0 amide bonds. The van der Waals surface area contributed by atoms with Crippen molar-refractivity contribution in [2.45, 2.75) is 106 Å². The maximum absolute atomic E-state index is 12.8. The van der Waals surface area contributed by atoms with Gasteiger partial charge in [0.25, 0.3) is 0 Å². The van der Waals surface area contributed by atoms with Gasteiger partial charge in [-0.15, -0.1) is 0 Å². The summed E-state index contributed by atoms with van der Waals surface area (Å²) in [6, 6.07) is 17.3. The number of para-hydroxylation sites is 1. The van der Waals surface area contributed by atoms with Crippen molar-refractivity contribution in [2.24, 2.45) is 11.0 Å². The molecule has 0 aromatic heterocycles. The summed E-state index contributed by atoms with van der Waals surface area (Å²) in [5.74, 6) is 0.308. The van der Waals surface area contributed by atoms with Crippen LogP contribution in [0, 0.1) is 11.4 Å². The second kappa shape index (κ2) is 15.1. The maximum Gasteiger partial charge on any atom is 0.185 e. The van der Waals surface area contributed by atoms with E-state index < -0.39 is 11.6 Å². The van der Waals surface area contributed by atoms with Gasteiger partial charge in [-0.1, -0.05) is 107 Å². The zero-order valence-electron chi connectivity index (χ0n) is 24.3. The number of hydrogen-bond acceptors (Lipinski definition) is 7. The zero-order chi connectivity index (χ0) is 28.4. The number of aliphatic hydroxyl groups excluding tert-OH is 1. The standard InChI is InChI=1S/C33H47N3O3S/c1-3-5-7-10-21-36-28-14-8-9-16-30(28)40-32(36)27-19-17-26(18-20-27)29(37)15-11-13-25(12-6-4-2)22-31(38)33(35-34)23-39-24-33/h8-9,14,16-20,25,29,32,34,37H,3-7,10-13,15,21-24H2,1-2H3. The van der Waals surface area contributed by atoms with Crippen LogP contribution in [0.2, 0.25) is 0 Å². The number of unbranched alkanes of at least 4 members (excludes halogenated alkanes) is 4. The van der Waals surface area contributed by atoms with Gasteiger partial charge in [-0.2, -0.15) is 5.11 Å². The molecule has 218 valence electrons. The molecule has 40 heavy (non-hydrogen) atoms. The molecule has 0 saturated carbocycles. The third-order valence-electron chi connectivity index (χ3n) is 8.50. The number of carbonyl (C=O) groups excluding carboxylic acids is 1. The van der Waals surface area contributed by atoms with Gasteiger partial charge in [0.15, 0.2) is 11.3 Å². The van der Waals surface area contributed by atoms with E-state index in [1.807, 2.05) is 11.8 Å². The maximum atomic E-state index is 12.8. The van der Waals surface area contributed by atoms with Crippen molar-refractivity contribution >= 4 is 23.2 Å². The number of aliphatic hydroxyl groups is 1. The van der Waals surface area contributed by atoms with Crippen LogP contribution in [-0.4, -0.2) is 36.2 Å². The second-order valence-corrected chi connectivity index (χ2v) is 12.7. The van der Waals surface area contributed by atoms with E-state index in [2.05, 4.69) is 72.4 Å². The highest BCUT2D eigenvalue weighted by Crippen LogP contribution is 2.51. The number of nitrogens with zero attached hydrogens (tertiary/aromatic N) is 2. The van der Waals surface area contributed by atoms with Gasteiger partial charge in [0.05, 0.1) is 25.0 Å². The van der Waals surface area contributed by atoms with Crippen LogP contribution in [-0.2, 0) is 9.53 Å². The van der Waals surface area contributed by atoms with Crippen LogP contribution in [0.25, 0.3) is 0 Å². The van der Waals surface area contributed by atoms with Gasteiger partial charge >= 0.3 is 0 Å². The Morgan fingerprint density at radius 3 is 2.42 bits per heavy atom. The summed E-state index contributed by atoms with van der Waals surface area (Å²) in [5, 5.41) is 14.9. The number of rotatable bonds is 18. The molecule has 7 heteroatoms. The normalized spacial score (nSPS) is 19.1. The van der Waals surface area contributed by atoms with E-state index in [4.69, 9.17) is 10.3 Å². The molecule has 1 saturated heterocycles. The third-order valence-corrected chi connectivity index (χ3v) is 9.85. The van der Waals surface area contributed by atoms with Crippen molar-refractivity contribution in [3.63, 3.8) is 0 Å². The van der Waals surface area contributed by atoms with E-state index in [0.717, 1.165) is 44.2 Å². The van der Waals surface area contributed by atoms with Crippen LogP contribution in [0.15, 0.2) is 58.5 Å². The van der Waals surface area contributed by atoms with Crippen LogP contribution in [0.1, 0.15) is 107 Å². The predicted molar refractivity (Wildman–Crippen MR) is 163 cm³/mol. The number of carbonyl (C=O) groups is 1. The van der Waals surface area contributed by atoms with E-state index >= 15 is 0 Å². The first-order chi connectivity index (χ1) is 19.5. The highest BCUT2D eigenvalue weighted by molar-refractivity contribution is 8.00. The number of ether oxygens (including phenoxy) is 1. The number of anilines is 1. The van der Waals surface area contributed by atoms with E-state index in [0.29, 0.717) is 12.8 Å². The van der Waals surface area contributed by atoms with Crippen LogP contribution in [0.4, 0.5) is 5.69 Å². The van der Waals surface area contributed by atoms with Gasteiger partial charge in [0.2, 0.25) is 0 Å². The lowest BCUT2D eigenvalue weighted by atomic mass is 9.83. The third kappa shape index (κ3) is 7.54. The summed E-state index contributed by atoms with van der Waals surface area (Å²) < 4.78 is 5.19. The van der Waals surface area contributed by atoms with Crippen LogP contribution >= 0.6 is 11.8 Å². The lowest BCUT2D eigenvalue weighted by molar-refractivity contribution is -0.142. The monoisotopic (exact) mass is 565 g/mol. The average Bonchev–Trinajstić information content (AvgIpc) is 3.32. The Kier molecular flexibility index (Phi) is 11.6. The van der Waals surface area contributed by atoms with E-state index in [-0.39, 0.29) is 30.3 Å². The van der Waals surface area contributed by atoms with E-state index in [1.54, 1.807) is 0 Å². The lowest BCUT2D eigenvalue weighted by Gasteiger charge is -2.35. The second-order valence-electron chi connectivity index (χ2n) is 11.6. The summed E-state index contributed by atoms with van der Waals surface area (Å²) in [7, 11) is 0. The SMILES string of the molecule is CCCCCCN1c2ccccc2SC1c1ccc(C(O)CCCC(CCCC)CC(=O)C2(N=N)COC2)cc1. The molecular formula is C33H47N3O3S. The van der Waals surface area contributed by atoms with Gasteiger partial charge in [-0.05, 0) is 48.4 Å². The Morgan fingerprint density at radius 2 is 1.75 bits per heavy atom. The molecule has 2 aliphatic rings. The minimum absolute atomic E-state index is 0.0392. The summed E-state index contributed by atoms with van der Waals surface area (Å²) in [6.07, 6.45) is 10.6. The molecular weight excluding hydrogens is 518 g/mol. The first kappa shape index (κ1) is 30.7. The van der Waals surface area contributed by atoms with Crippen LogP contribution in [0.3, 0.4) is 0 Å². The minimum atomic E-state index is -0.935. The molecule has 0 spiro atoms. The number of benzene rings is 2. The topological polar surface area (TPSA) is 86.0 Å². The van der Waals surface area contributed by atoms with Crippen molar-refractivity contribution in [3.8, 4) is 0 Å². The quantitative estimate of drug-likeness (QED) is 0.140. The Morgan fingerprint density at radius 1 is 1.02 bits per heavy atom. The fraction of sp³-hybridized carbons (Fsp3) is 0.606. The smallest absolute Gasteiger partial charge is 0.185 e. The summed E-state index contributed by atoms with van der Waals surface area (Å²) in [6.45, 7) is 5.97. The molecule has 3 unspecified atom stereocenters. The number of hydrogen-bond donors (Lipinski definition) is 2. The lowest BCUT2D eigenvalue weighted by Crippen LogP contribution is -2.54. The van der Waals surface area contributed by atoms with E-state index in [9.17, 15) is 9.90 Å². The Hall–Kier alpha value is -2.22. The molecule has 2 heterocycles. The summed E-state index contributed by atoms with van der Waals surface area (Å²) in [5.41, 5.74) is 10.1. The van der Waals surface area contributed by atoms with Crippen molar-refractivity contribution in [3.05, 3.63) is 59.7 Å². The van der Waals surface area contributed by atoms with Crippen molar-refractivity contribution in [1.29, 1.82) is 5.53 Å². The van der Waals surface area contributed by atoms with Crippen molar-refractivity contribution in [2.75, 3.05) is 24.7 Å². The molecule has 3 atom stereocenters. The average molecular weight is 566 g/mol. The first-order valence-corrected chi connectivity index (χ1v) is 16.2. The molecule has 0 aliphatic carbocycles. The Labute approximate surface area is 244 Å². The van der Waals surface area contributed by atoms with Gasteiger partial charge in [-0.25, -0.2) is 5.53 Å². The summed E-state index contributed by atoms with van der Waals surface area (Å²) in [4.78, 5) is 16.7. The number of nitrogens with one attached hydrogen (secondary N) is 1. The molecule has 4 rings (SSSR count). The first-order valence-electron chi connectivity index (χ1n) is 15.3. The van der Waals surface area contributed by atoms with Gasteiger partial charge in [0.1, 0.15) is 5.37 Å². The van der Waals surface area contributed by atoms with Crippen molar-refractivity contribution < 1.29 is 14.6 Å². The Bertz CT molecular complexity index is 1090. The van der Waals surface area contributed by atoms with Crippen molar-refractivity contribution in [1.82, 2.24) is 0 Å². The van der Waals surface area contributed by atoms with Crippen LogP contribution < -0.4 is 4.90 Å². The molecule has 0 bridgehead atoms. The van der Waals surface area contributed by atoms with Gasteiger partial charge in [-0.3, -0.25) is 4.79 Å². The molecule has 0 radical (unpaired) electrons. The number of Topliss-reactive ketones (excluding diaryl/α,β-unsaturated/α-hetero) is 1. The highest BCUT2D eigenvalue weighted by atomic mass is 32.2. The molecule has 6 nitrogen and oxygen atoms in total. The Balaban J connectivity index is 1.32. The fourth-order valence-corrected chi connectivity index (χ4v) is 7.17. The fourth-order valence-electron chi connectivity index (χ4n) is 5.82. The minimum Gasteiger partial charge on any atom is -0.388 e. The van der Waals surface area contributed by atoms with Gasteiger partial charge < -0.3 is 14.7 Å². The predicted octanol–water partition coefficient (Wildman–Crippen LogP) is 8.65. The number of thioether (sulfide) groups is 1.